The third-order valence-electron chi connectivity index (χ3n) is 10.6. The number of hydrogen-bond acceptors (Lipinski definition) is 3. The second kappa shape index (κ2) is 6.14. The van der Waals surface area contributed by atoms with Gasteiger partial charge >= 0.3 is 0 Å². The van der Waals surface area contributed by atoms with Crippen molar-refractivity contribution in [3.63, 3.8) is 0 Å². The summed E-state index contributed by atoms with van der Waals surface area (Å²) in [6.07, 6.45) is 13.3. The molecule has 1 heterocycles. The van der Waals surface area contributed by atoms with Crippen LogP contribution in [0.1, 0.15) is 78.1 Å². The van der Waals surface area contributed by atoms with Gasteiger partial charge in [0.15, 0.2) is 5.79 Å². The normalized spacial score (nSPS) is 45.8. The zero-order valence-corrected chi connectivity index (χ0v) is 18.5. The number of hydrogen-bond donors (Lipinski definition) is 1. The van der Waals surface area contributed by atoms with E-state index in [2.05, 4.69) is 24.8 Å². The summed E-state index contributed by atoms with van der Waals surface area (Å²) < 4.78 is 12.6. The fourth-order valence-corrected chi connectivity index (χ4v) is 9.36. The average Bonchev–Trinajstić information content (AvgIpc) is 3.47. The molecule has 0 amide bonds. The van der Waals surface area contributed by atoms with Gasteiger partial charge in [-0.25, -0.2) is 4.85 Å². The highest BCUT2D eigenvalue weighted by molar-refractivity contribution is 5.44. The van der Waals surface area contributed by atoms with E-state index in [1.165, 1.54) is 18.4 Å². The second-order valence-electron chi connectivity index (χ2n) is 11.5. The highest BCUT2D eigenvalue weighted by Gasteiger charge is 2.68. The Hall–Kier alpha value is -1.31. The number of fused-ring (bicyclic) bond motifs is 7. The Morgan fingerprint density at radius 3 is 2.43 bits per heavy atom. The van der Waals surface area contributed by atoms with Crippen LogP contribution in [-0.4, -0.2) is 24.1 Å². The summed E-state index contributed by atoms with van der Waals surface area (Å²) in [7, 11) is 0. The van der Waals surface area contributed by atoms with Crippen molar-refractivity contribution in [3.05, 3.63) is 34.5 Å². The fourth-order valence-electron chi connectivity index (χ4n) is 9.36. The first-order chi connectivity index (χ1) is 14.4. The maximum atomic E-state index is 11.2. The van der Waals surface area contributed by atoms with Crippen LogP contribution in [0.5, 0.6) is 0 Å². The minimum absolute atomic E-state index is 0.00778. The summed E-state index contributed by atoms with van der Waals surface area (Å²) in [5, 5.41) is 11.2. The van der Waals surface area contributed by atoms with Crippen molar-refractivity contribution < 1.29 is 14.6 Å². The molecule has 162 valence electrons. The molecule has 6 aliphatic rings. The van der Waals surface area contributed by atoms with Gasteiger partial charge < -0.3 is 14.6 Å². The molecule has 0 unspecified atom stereocenters. The van der Waals surface area contributed by atoms with Gasteiger partial charge in [-0.15, -0.1) is 0 Å². The molecule has 4 nitrogen and oxygen atoms in total. The van der Waals surface area contributed by atoms with Crippen LogP contribution in [0.2, 0.25) is 0 Å². The standard InChI is InChI=1S/C26H35NO3/c1-23-16-20(27-3)22(28)25(10-4-5-11-25)21(23)7-6-17-18(23)8-12-24(2)19(17)9-13-26(24)29-14-15-30-26/h7,17-19,28H,4-6,8-16H2,1-2H3/t17-,18+,19+,23-,24+/m1/s1. The van der Waals surface area contributed by atoms with Crippen molar-refractivity contribution in [1.82, 2.24) is 0 Å². The smallest absolute Gasteiger partial charge is 0.203 e. The first kappa shape index (κ1) is 19.4. The topological polar surface area (TPSA) is 43.0 Å². The molecule has 5 aliphatic carbocycles. The van der Waals surface area contributed by atoms with Gasteiger partial charge in [0.25, 0.3) is 0 Å². The molecule has 0 aromatic carbocycles. The van der Waals surface area contributed by atoms with Gasteiger partial charge in [-0.05, 0) is 68.1 Å². The number of allylic oxidation sites excluding steroid dienone is 3. The Morgan fingerprint density at radius 1 is 1.03 bits per heavy atom. The highest BCUT2D eigenvalue weighted by Crippen LogP contribution is 2.71. The maximum absolute atomic E-state index is 11.2. The monoisotopic (exact) mass is 409 g/mol. The van der Waals surface area contributed by atoms with E-state index in [0.717, 1.165) is 64.6 Å². The van der Waals surface area contributed by atoms with Crippen molar-refractivity contribution in [2.24, 2.45) is 34.0 Å². The van der Waals surface area contributed by atoms with E-state index in [0.29, 0.717) is 29.2 Å². The minimum atomic E-state index is -0.355. The average molecular weight is 410 g/mol. The lowest BCUT2D eigenvalue weighted by molar-refractivity contribution is -0.242. The number of nitrogens with zero attached hydrogens (tertiary/aromatic N) is 1. The zero-order valence-electron chi connectivity index (χ0n) is 18.5. The van der Waals surface area contributed by atoms with Gasteiger partial charge in [-0.1, -0.05) is 38.3 Å². The Balaban J connectivity index is 1.42. The summed E-state index contributed by atoms with van der Waals surface area (Å²) in [4.78, 5) is 3.87. The van der Waals surface area contributed by atoms with Crippen molar-refractivity contribution in [1.29, 1.82) is 0 Å². The second-order valence-corrected chi connectivity index (χ2v) is 11.5. The molecule has 6 rings (SSSR count). The Kier molecular flexibility index (Phi) is 3.97. The van der Waals surface area contributed by atoms with Crippen LogP contribution >= 0.6 is 0 Å². The molecular formula is C26H35NO3. The van der Waals surface area contributed by atoms with E-state index >= 15 is 0 Å². The number of ether oxygens (including phenoxy) is 2. The number of aliphatic hydroxyl groups excluding tert-OH is 1. The van der Waals surface area contributed by atoms with Gasteiger partial charge in [0.2, 0.25) is 5.70 Å². The molecule has 0 radical (unpaired) electrons. The van der Waals surface area contributed by atoms with Gasteiger partial charge in [0.1, 0.15) is 5.76 Å². The lowest BCUT2D eigenvalue weighted by Gasteiger charge is -2.60. The van der Waals surface area contributed by atoms with Crippen LogP contribution in [0.25, 0.3) is 4.85 Å². The third-order valence-corrected chi connectivity index (χ3v) is 10.6. The van der Waals surface area contributed by atoms with Gasteiger partial charge in [0, 0.05) is 17.3 Å². The van der Waals surface area contributed by atoms with E-state index < -0.39 is 0 Å². The lowest BCUT2D eigenvalue weighted by atomic mass is 9.45. The largest absolute Gasteiger partial charge is 0.523 e. The number of aliphatic hydroxyl groups is 1. The Morgan fingerprint density at radius 2 is 1.73 bits per heavy atom. The fraction of sp³-hybridized carbons (Fsp3) is 0.808. The first-order valence-corrected chi connectivity index (χ1v) is 12.2. The van der Waals surface area contributed by atoms with Crippen LogP contribution in [0.3, 0.4) is 0 Å². The van der Waals surface area contributed by atoms with Crippen molar-refractivity contribution in [2.75, 3.05) is 13.2 Å². The summed E-state index contributed by atoms with van der Waals surface area (Å²) in [6, 6.07) is 0. The van der Waals surface area contributed by atoms with Gasteiger partial charge in [-0.2, -0.15) is 0 Å². The van der Waals surface area contributed by atoms with E-state index in [-0.39, 0.29) is 22.0 Å². The molecule has 0 aromatic heterocycles. The molecule has 1 N–H and O–H groups in total. The van der Waals surface area contributed by atoms with Crippen LogP contribution < -0.4 is 0 Å². The molecule has 30 heavy (non-hydrogen) atoms. The van der Waals surface area contributed by atoms with Gasteiger partial charge in [-0.3, -0.25) is 0 Å². The van der Waals surface area contributed by atoms with Gasteiger partial charge in [0.05, 0.1) is 19.8 Å². The van der Waals surface area contributed by atoms with Crippen LogP contribution in [0, 0.1) is 40.6 Å². The predicted octanol–water partition coefficient (Wildman–Crippen LogP) is 6.16. The molecule has 0 aromatic rings. The van der Waals surface area contributed by atoms with E-state index in [4.69, 9.17) is 16.0 Å². The van der Waals surface area contributed by atoms with Crippen LogP contribution in [-0.2, 0) is 9.47 Å². The van der Waals surface area contributed by atoms with Crippen molar-refractivity contribution in [3.8, 4) is 0 Å². The predicted molar refractivity (Wildman–Crippen MR) is 114 cm³/mol. The summed E-state index contributed by atoms with van der Waals surface area (Å²) in [5.74, 6) is 1.92. The molecule has 1 saturated heterocycles. The maximum Gasteiger partial charge on any atom is 0.203 e. The highest BCUT2D eigenvalue weighted by atomic mass is 16.7. The summed E-state index contributed by atoms with van der Waals surface area (Å²) >= 11 is 0. The van der Waals surface area contributed by atoms with Crippen molar-refractivity contribution >= 4 is 0 Å². The van der Waals surface area contributed by atoms with Crippen LogP contribution in [0.15, 0.2) is 23.1 Å². The Bertz CT molecular complexity index is 869. The molecule has 1 aliphatic heterocycles. The summed E-state index contributed by atoms with van der Waals surface area (Å²) in [5.41, 5.74) is 2.01. The number of rotatable bonds is 0. The zero-order chi connectivity index (χ0) is 20.8. The van der Waals surface area contributed by atoms with Crippen LogP contribution in [0.4, 0.5) is 0 Å². The minimum Gasteiger partial charge on any atom is -0.523 e. The molecule has 5 atom stereocenters. The molecule has 0 bridgehead atoms. The van der Waals surface area contributed by atoms with E-state index in [1.54, 1.807) is 0 Å². The van der Waals surface area contributed by atoms with Crippen molar-refractivity contribution in [2.45, 2.75) is 83.8 Å². The molecule has 2 spiro atoms. The Labute approximate surface area is 180 Å². The lowest BCUT2D eigenvalue weighted by Crippen LogP contribution is -2.56. The summed E-state index contributed by atoms with van der Waals surface area (Å²) in [6.45, 7) is 14.2. The quantitative estimate of drug-likeness (QED) is 0.385. The molecule has 3 saturated carbocycles. The third kappa shape index (κ3) is 2.10. The van der Waals surface area contributed by atoms with E-state index in [1.807, 2.05) is 0 Å². The SMILES string of the molecule is [C-]#[N+]C1=C(O)C2(CCCC2)C2=CC[C@@H]3[C@H](CC[C@@]4(C)[C@H]3CCC43OCCO3)[C@@]2(C)C1. The molecular weight excluding hydrogens is 374 g/mol. The molecule has 4 heteroatoms. The van der Waals surface area contributed by atoms with E-state index in [9.17, 15) is 5.11 Å². The molecule has 4 fully saturated rings. The first-order valence-electron chi connectivity index (χ1n) is 12.2.